The van der Waals surface area contributed by atoms with Crippen LogP contribution in [0.3, 0.4) is 0 Å². The van der Waals surface area contributed by atoms with Crippen LogP contribution >= 0.6 is 11.3 Å². The minimum absolute atomic E-state index is 0.175. The van der Waals surface area contributed by atoms with Crippen molar-refractivity contribution >= 4 is 23.1 Å². The van der Waals surface area contributed by atoms with Gasteiger partial charge in [0.15, 0.2) is 0 Å². The van der Waals surface area contributed by atoms with E-state index in [4.69, 9.17) is 4.74 Å². The van der Waals surface area contributed by atoms with E-state index in [-0.39, 0.29) is 5.19 Å². The summed E-state index contributed by atoms with van der Waals surface area (Å²) >= 11 is 1.16. The van der Waals surface area contributed by atoms with Crippen molar-refractivity contribution in [3.63, 3.8) is 0 Å². The van der Waals surface area contributed by atoms with Gasteiger partial charge in [0.2, 0.25) is 0 Å². The van der Waals surface area contributed by atoms with Gasteiger partial charge in [0.1, 0.15) is 0 Å². The number of aromatic nitrogens is 1. The van der Waals surface area contributed by atoms with Crippen molar-refractivity contribution in [3.8, 4) is 5.19 Å². The topological polar surface area (TPSA) is 56.3 Å². The lowest BCUT2D eigenvalue weighted by Gasteiger charge is -1.99. The summed E-state index contributed by atoms with van der Waals surface area (Å²) in [7, 11) is 0. The Bertz CT molecular complexity index is 493. The molecule has 0 spiro atoms. The van der Waals surface area contributed by atoms with E-state index in [1.165, 1.54) is 6.20 Å². The molecule has 16 heavy (non-hydrogen) atoms. The number of hydrogen-bond donors (Lipinski definition) is 0. The molecule has 0 saturated carbocycles. The van der Waals surface area contributed by atoms with Gasteiger partial charge in [-0.25, -0.2) is 9.78 Å². The van der Waals surface area contributed by atoms with Crippen molar-refractivity contribution in [2.45, 2.75) is 0 Å². The third kappa shape index (κ3) is 2.32. The molecule has 1 aromatic carbocycles. The van der Waals surface area contributed by atoms with Crippen LogP contribution in [0.15, 0.2) is 41.9 Å². The summed E-state index contributed by atoms with van der Waals surface area (Å²) in [5.74, 6) is -1.59. The van der Waals surface area contributed by atoms with Gasteiger partial charge < -0.3 is 4.74 Å². The minimum atomic E-state index is -0.916. The Labute approximate surface area is 95.5 Å². The molecule has 5 heteroatoms. The van der Waals surface area contributed by atoms with Crippen LogP contribution in [-0.4, -0.2) is 16.7 Å². The zero-order chi connectivity index (χ0) is 11.4. The molecule has 0 radical (unpaired) electrons. The number of carbonyl (C=O) groups is 2. The summed E-state index contributed by atoms with van der Waals surface area (Å²) < 4.78 is 4.79. The van der Waals surface area contributed by atoms with Crippen molar-refractivity contribution < 1.29 is 14.3 Å². The fourth-order valence-electron chi connectivity index (χ4n) is 1.09. The summed E-state index contributed by atoms with van der Waals surface area (Å²) in [6.07, 6.45) is 1.50. The van der Waals surface area contributed by atoms with Crippen molar-refractivity contribution in [1.29, 1.82) is 0 Å². The fourth-order valence-corrected chi connectivity index (χ4v) is 1.58. The van der Waals surface area contributed by atoms with Crippen LogP contribution in [-0.2, 0) is 4.79 Å². The Kier molecular flexibility index (Phi) is 3.07. The third-order valence-corrected chi connectivity index (χ3v) is 2.46. The first-order chi connectivity index (χ1) is 7.77. The van der Waals surface area contributed by atoms with Crippen molar-refractivity contribution in [2.24, 2.45) is 0 Å². The normalized spacial score (nSPS) is 9.75. The molecular weight excluding hydrogens is 226 g/mol. The second-order valence-corrected chi connectivity index (χ2v) is 3.74. The summed E-state index contributed by atoms with van der Waals surface area (Å²) in [4.78, 5) is 26.7. The van der Waals surface area contributed by atoms with Crippen LogP contribution in [0.25, 0.3) is 0 Å². The fraction of sp³-hybridized carbons (Fsp3) is 0. The van der Waals surface area contributed by atoms with Gasteiger partial charge in [-0.2, -0.15) is 0 Å². The van der Waals surface area contributed by atoms with E-state index in [2.05, 4.69) is 4.98 Å². The molecule has 0 aliphatic carbocycles. The monoisotopic (exact) mass is 233 g/mol. The van der Waals surface area contributed by atoms with E-state index < -0.39 is 11.8 Å². The van der Waals surface area contributed by atoms with Gasteiger partial charge in [-0.05, 0) is 0 Å². The summed E-state index contributed by atoms with van der Waals surface area (Å²) in [5.41, 5.74) is 0.309. The first-order valence-corrected chi connectivity index (χ1v) is 5.36. The van der Waals surface area contributed by atoms with Crippen molar-refractivity contribution in [2.75, 3.05) is 0 Å². The van der Waals surface area contributed by atoms with Gasteiger partial charge in [0.05, 0.1) is 0 Å². The molecule has 1 heterocycles. The summed E-state index contributed by atoms with van der Waals surface area (Å²) in [6.45, 7) is 0. The molecule has 0 amide bonds. The quantitative estimate of drug-likeness (QED) is 0.462. The molecule has 0 unspecified atom stereocenters. The van der Waals surface area contributed by atoms with Gasteiger partial charge in [-0.3, -0.25) is 4.79 Å². The SMILES string of the molecule is O=C(Oc1nccs1)C(=O)c1ccccc1. The van der Waals surface area contributed by atoms with E-state index in [1.54, 1.807) is 35.7 Å². The molecule has 0 aliphatic rings. The van der Waals surface area contributed by atoms with E-state index >= 15 is 0 Å². The standard InChI is InChI=1S/C11H7NO3S/c13-9(8-4-2-1-3-5-8)10(14)15-11-12-6-7-16-11/h1-7H. The highest BCUT2D eigenvalue weighted by molar-refractivity contribution is 7.11. The Balaban J connectivity index is 2.09. The molecule has 0 bridgehead atoms. The van der Waals surface area contributed by atoms with E-state index in [0.717, 1.165) is 11.3 Å². The highest BCUT2D eigenvalue weighted by atomic mass is 32.1. The lowest BCUT2D eigenvalue weighted by Crippen LogP contribution is -2.20. The number of thiazole rings is 1. The first-order valence-electron chi connectivity index (χ1n) is 4.48. The largest absolute Gasteiger partial charge is 0.392 e. The molecule has 0 fully saturated rings. The molecule has 0 aliphatic heterocycles. The second-order valence-electron chi connectivity index (χ2n) is 2.88. The van der Waals surface area contributed by atoms with Crippen LogP contribution in [0.2, 0.25) is 0 Å². The molecule has 4 nitrogen and oxygen atoms in total. The molecule has 0 atom stereocenters. The van der Waals surface area contributed by atoms with Gasteiger partial charge >= 0.3 is 5.97 Å². The first kappa shape index (κ1) is 10.5. The van der Waals surface area contributed by atoms with Crippen molar-refractivity contribution in [3.05, 3.63) is 47.5 Å². The van der Waals surface area contributed by atoms with Gasteiger partial charge in [0.25, 0.3) is 11.0 Å². The number of rotatable bonds is 3. The Morgan fingerprint density at radius 1 is 1.19 bits per heavy atom. The zero-order valence-corrected chi connectivity index (χ0v) is 8.94. The van der Waals surface area contributed by atoms with Crippen LogP contribution in [0.5, 0.6) is 5.19 Å². The average Bonchev–Trinajstić information content (AvgIpc) is 2.82. The maximum Gasteiger partial charge on any atom is 0.386 e. The van der Waals surface area contributed by atoms with Crippen LogP contribution in [0.1, 0.15) is 10.4 Å². The van der Waals surface area contributed by atoms with E-state index in [0.29, 0.717) is 5.56 Å². The molecule has 80 valence electrons. The second kappa shape index (κ2) is 4.67. The van der Waals surface area contributed by atoms with Gasteiger partial charge in [0, 0.05) is 17.1 Å². The summed E-state index contributed by atoms with van der Waals surface area (Å²) in [6, 6.07) is 8.26. The number of ketones is 1. The Morgan fingerprint density at radius 3 is 2.56 bits per heavy atom. The minimum Gasteiger partial charge on any atom is -0.392 e. The molecule has 0 N–H and O–H groups in total. The molecule has 2 rings (SSSR count). The summed E-state index contributed by atoms with van der Waals surface area (Å²) in [5, 5.41) is 1.84. The highest BCUT2D eigenvalue weighted by Crippen LogP contribution is 2.14. The number of hydrogen-bond acceptors (Lipinski definition) is 5. The predicted octanol–water partition coefficient (Wildman–Crippen LogP) is 1.93. The molecule has 2 aromatic rings. The lowest BCUT2D eigenvalue weighted by atomic mass is 10.1. The Hall–Kier alpha value is -2.01. The molecule has 1 aromatic heterocycles. The molecular formula is C11H7NO3S. The van der Waals surface area contributed by atoms with Gasteiger partial charge in [-0.15, -0.1) is 0 Å². The maximum atomic E-state index is 11.6. The average molecular weight is 233 g/mol. The maximum absolute atomic E-state index is 11.6. The number of nitrogens with zero attached hydrogens (tertiary/aromatic N) is 1. The predicted molar refractivity (Wildman–Crippen MR) is 58.5 cm³/mol. The van der Waals surface area contributed by atoms with Crippen LogP contribution in [0, 0.1) is 0 Å². The zero-order valence-electron chi connectivity index (χ0n) is 8.12. The van der Waals surface area contributed by atoms with Crippen LogP contribution in [0.4, 0.5) is 0 Å². The van der Waals surface area contributed by atoms with E-state index in [9.17, 15) is 9.59 Å². The van der Waals surface area contributed by atoms with Crippen molar-refractivity contribution in [1.82, 2.24) is 4.98 Å². The molecule has 0 saturated heterocycles. The smallest absolute Gasteiger partial charge is 0.386 e. The Morgan fingerprint density at radius 2 is 1.94 bits per heavy atom. The number of Topliss-reactive ketones (excluding diaryl/α,β-unsaturated/α-hetero) is 1. The highest BCUT2D eigenvalue weighted by Gasteiger charge is 2.19. The lowest BCUT2D eigenvalue weighted by molar-refractivity contribution is -0.129. The van der Waals surface area contributed by atoms with Gasteiger partial charge in [-0.1, -0.05) is 41.7 Å². The number of carbonyl (C=O) groups excluding carboxylic acids is 2. The number of esters is 1. The van der Waals surface area contributed by atoms with Crippen LogP contribution < -0.4 is 4.74 Å². The number of ether oxygens (including phenoxy) is 1. The van der Waals surface area contributed by atoms with E-state index in [1.807, 2.05) is 0 Å². The third-order valence-electron chi connectivity index (χ3n) is 1.81. The number of benzene rings is 1.